The van der Waals surface area contributed by atoms with Gasteiger partial charge in [-0.25, -0.2) is 0 Å². The zero-order valence-corrected chi connectivity index (χ0v) is 9.25. The Labute approximate surface area is 93.8 Å². The molecule has 0 saturated carbocycles. The molecule has 2 rings (SSSR count). The Morgan fingerprint density at radius 2 is 2.31 bits per heavy atom. The molecule has 0 amide bonds. The first-order valence-electron chi connectivity index (χ1n) is 4.96. The zero-order valence-electron chi connectivity index (χ0n) is 9.25. The van der Waals surface area contributed by atoms with E-state index >= 15 is 0 Å². The molecule has 1 N–H and O–H groups in total. The van der Waals surface area contributed by atoms with Crippen molar-refractivity contribution in [3.8, 4) is 0 Å². The van der Waals surface area contributed by atoms with Crippen molar-refractivity contribution in [2.75, 3.05) is 5.43 Å². The number of aryl methyl sites for hydroxylation is 2. The number of rotatable bonds is 3. The normalized spacial score (nSPS) is 10.9. The van der Waals surface area contributed by atoms with Gasteiger partial charge < -0.3 is 4.57 Å². The maximum atomic E-state index is 4.11. The second-order valence-electron chi connectivity index (χ2n) is 3.48. The third kappa shape index (κ3) is 2.25. The van der Waals surface area contributed by atoms with Gasteiger partial charge in [0.05, 0.1) is 18.1 Å². The van der Waals surface area contributed by atoms with Crippen LogP contribution in [0.3, 0.4) is 0 Å². The van der Waals surface area contributed by atoms with E-state index in [-0.39, 0.29) is 0 Å². The fourth-order valence-electron chi connectivity index (χ4n) is 1.27. The summed E-state index contributed by atoms with van der Waals surface area (Å²) < 4.78 is 1.98. The summed E-state index contributed by atoms with van der Waals surface area (Å²) in [5.74, 6) is 0.674. The molecule has 0 fully saturated rings. The molecule has 2 aromatic heterocycles. The van der Waals surface area contributed by atoms with Gasteiger partial charge in [0, 0.05) is 13.2 Å². The molecular formula is C11H13N5. The largest absolute Gasteiger partial charge is 0.350 e. The number of hydrogen-bond donors (Lipinski definition) is 1. The topological polar surface area (TPSA) is 55.1 Å². The highest BCUT2D eigenvalue weighted by molar-refractivity contribution is 5.78. The van der Waals surface area contributed by atoms with Crippen LogP contribution in [0.5, 0.6) is 0 Å². The fourth-order valence-corrected chi connectivity index (χ4v) is 1.27. The summed E-state index contributed by atoms with van der Waals surface area (Å²) in [6.07, 6.45) is 5.37. The molecule has 0 saturated heterocycles. The first kappa shape index (κ1) is 10.4. The van der Waals surface area contributed by atoms with Gasteiger partial charge in [-0.1, -0.05) is 0 Å². The first-order chi connectivity index (χ1) is 7.77. The highest BCUT2D eigenvalue weighted by Gasteiger charge is 1.96. The second-order valence-corrected chi connectivity index (χ2v) is 3.48. The molecule has 0 aromatic carbocycles. The lowest BCUT2D eigenvalue weighted by molar-refractivity contribution is 0.917. The smallest absolute Gasteiger partial charge is 0.171 e. The molecule has 0 radical (unpaired) electrons. The average molecular weight is 215 g/mol. The van der Waals surface area contributed by atoms with Crippen LogP contribution in [0.15, 0.2) is 35.7 Å². The van der Waals surface area contributed by atoms with Gasteiger partial charge in [0.15, 0.2) is 5.82 Å². The van der Waals surface area contributed by atoms with Crippen LogP contribution in [-0.2, 0) is 7.05 Å². The van der Waals surface area contributed by atoms with E-state index in [4.69, 9.17) is 0 Å². The number of aromatic nitrogens is 3. The van der Waals surface area contributed by atoms with E-state index in [1.54, 1.807) is 12.4 Å². The summed E-state index contributed by atoms with van der Waals surface area (Å²) in [6.45, 7) is 1.95. The summed E-state index contributed by atoms with van der Waals surface area (Å²) in [6, 6.07) is 5.83. The van der Waals surface area contributed by atoms with Crippen molar-refractivity contribution in [2.45, 2.75) is 6.92 Å². The van der Waals surface area contributed by atoms with Crippen molar-refractivity contribution in [1.29, 1.82) is 0 Å². The number of nitrogens with one attached hydrogen (secondary N) is 1. The van der Waals surface area contributed by atoms with Crippen LogP contribution in [0.4, 0.5) is 5.82 Å². The van der Waals surface area contributed by atoms with Crippen molar-refractivity contribution < 1.29 is 0 Å². The highest BCUT2D eigenvalue weighted by Crippen LogP contribution is 2.07. The predicted molar refractivity (Wildman–Crippen MR) is 63.4 cm³/mol. The van der Waals surface area contributed by atoms with Gasteiger partial charge in [-0.05, 0) is 30.7 Å². The SMILES string of the molecule is Cc1ccnnc1N/N=C/c1cccn1C. The van der Waals surface area contributed by atoms with Crippen LogP contribution in [0.1, 0.15) is 11.3 Å². The quantitative estimate of drug-likeness (QED) is 0.624. The lowest BCUT2D eigenvalue weighted by Gasteiger charge is -2.01. The first-order valence-corrected chi connectivity index (χ1v) is 4.96. The third-order valence-corrected chi connectivity index (χ3v) is 2.27. The number of anilines is 1. The van der Waals surface area contributed by atoms with Crippen LogP contribution < -0.4 is 5.43 Å². The van der Waals surface area contributed by atoms with Crippen molar-refractivity contribution in [3.63, 3.8) is 0 Å². The molecule has 0 spiro atoms. The predicted octanol–water partition coefficient (Wildman–Crippen LogP) is 1.57. The lowest BCUT2D eigenvalue weighted by atomic mass is 10.3. The molecule has 5 nitrogen and oxygen atoms in total. The van der Waals surface area contributed by atoms with Crippen molar-refractivity contribution >= 4 is 12.0 Å². The minimum atomic E-state index is 0.674. The fraction of sp³-hybridized carbons (Fsp3) is 0.182. The molecule has 0 bridgehead atoms. The molecule has 0 aliphatic carbocycles. The van der Waals surface area contributed by atoms with E-state index in [1.807, 2.05) is 42.9 Å². The molecule has 2 aromatic rings. The van der Waals surface area contributed by atoms with E-state index in [0.717, 1.165) is 11.3 Å². The van der Waals surface area contributed by atoms with E-state index in [9.17, 15) is 0 Å². The van der Waals surface area contributed by atoms with Crippen molar-refractivity contribution in [1.82, 2.24) is 14.8 Å². The summed E-state index contributed by atoms with van der Waals surface area (Å²) in [5, 5.41) is 11.8. The molecule has 0 atom stereocenters. The summed E-state index contributed by atoms with van der Waals surface area (Å²) in [5.41, 5.74) is 4.90. The second kappa shape index (κ2) is 4.57. The van der Waals surface area contributed by atoms with Gasteiger partial charge in [-0.15, -0.1) is 5.10 Å². The summed E-state index contributed by atoms with van der Waals surface area (Å²) >= 11 is 0. The maximum Gasteiger partial charge on any atom is 0.171 e. The van der Waals surface area contributed by atoms with E-state index in [2.05, 4.69) is 20.7 Å². The Kier molecular flexibility index (Phi) is 2.95. The van der Waals surface area contributed by atoms with Gasteiger partial charge in [0.1, 0.15) is 0 Å². The monoisotopic (exact) mass is 215 g/mol. The highest BCUT2D eigenvalue weighted by atomic mass is 15.3. The molecule has 0 aliphatic rings. The Balaban J connectivity index is 2.06. The van der Waals surface area contributed by atoms with Gasteiger partial charge in [0.2, 0.25) is 0 Å². The van der Waals surface area contributed by atoms with Crippen molar-refractivity contribution in [2.24, 2.45) is 12.1 Å². The molecule has 0 unspecified atom stereocenters. The summed E-state index contributed by atoms with van der Waals surface area (Å²) in [4.78, 5) is 0. The van der Waals surface area contributed by atoms with Crippen LogP contribution in [0.25, 0.3) is 0 Å². The summed E-state index contributed by atoms with van der Waals surface area (Å²) in [7, 11) is 1.97. The third-order valence-electron chi connectivity index (χ3n) is 2.27. The molecule has 16 heavy (non-hydrogen) atoms. The van der Waals surface area contributed by atoms with Gasteiger partial charge in [-0.3, -0.25) is 5.43 Å². The minimum Gasteiger partial charge on any atom is -0.350 e. The zero-order chi connectivity index (χ0) is 11.4. The van der Waals surface area contributed by atoms with Crippen molar-refractivity contribution in [3.05, 3.63) is 41.9 Å². The van der Waals surface area contributed by atoms with Crippen LogP contribution in [0, 0.1) is 6.92 Å². The Morgan fingerprint density at radius 3 is 3.00 bits per heavy atom. The number of nitrogens with zero attached hydrogens (tertiary/aromatic N) is 4. The van der Waals surface area contributed by atoms with E-state index in [1.165, 1.54) is 0 Å². The Morgan fingerprint density at radius 1 is 1.44 bits per heavy atom. The molecule has 2 heterocycles. The minimum absolute atomic E-state index is 0.674. The lowest BCUT2D eigenvalue weighted by Crippen LogP contribution is -1.99. The maximum absolute atomic E-state index is 4.11. The van der Waals surface area contributed by atoms with Crippen LogP contribution >= 0.6 is 0 Å². The van der Waals surface area contributed by atoms with Gasteiger partial charge >= 0.3 is 0 Å². The average Bonchev–Trinajstić information content (AvgIpc) is 2.67. The number of hydrogen-bond acceptors (Lipinski definition) is 4. The Hall–Kier alpha value is -2.17. The molecule has 82 valence electrons. The van der Waals surface area contributed by atoms with Crippen LogP contribution in [0.2, 0.25) is 0 Å². The van der Waals surface area contributed by atoms with E-state index in [0.29, 0.717) is 5.82 Å². The molecule has 5 heteroatoms. The van der Waals surface area contributed by atoms with Gasteiger partial charge in [0.25, 0.3) is 0 Å². The molecular weight excluding hydrogens is 202 g/mol. The molecule has 0 aliphatic heterocycles. The Bertz CT molecular complexity index is 501. The number of hydrazone groups is 1. The van der Waals surface area contributed by atoms with Gasteiger partial charge in [-0.2, -0.15) is 10.2 Å². The van der Waals surface area contributed by atoms with E-state index < -0.39 is 0 Å². The standard InChI is InChI=1S/C11H13N5/c1-9-5-6-12-14-11(9)15-13-8-10-4-3-7-16(10)2/h3-8H,1-2H3,(H,14,15)/b13-8+. The van der Waals surface area contributed by atoms with Crippen LogP contribution in [-0.4, -0.2) is 21.0 Å².